The van der Waals surface area contributed by atoms with Crippen LogP contribution in [-0.4, -0.2) is 25.0 Å². The van der Waals surface area contributed by atoms with Crippen molar-refractivity contribution in [2.75, 3.05) is 19.0 Å². The smallest absolute Gasteiger partial charge is 0.251 e. The van der Waals surface area contributed by atoms with Crippen LogP contribution in [0.15, 0.2) is 35.1 Å². The molecular formula is C14H17N3O2. The van der Waals surface area contributed by atoms with Gasteiger partial charge in [0.2, 0.25) is 0 Å². The van der Waals surface area contributed by atoms with Crippen LogP contribution in [0.1, 0.15) is 21.8 Å². The van der Waals surface area contributed by atoms with E-state index < -0.39 is 0 Å². The molecule has 19 heavy (non-hydrogen) atoms. The maximum Gasteiger partial charge on any atom is 0.251 e. The van der Waals surface area contributed by atoms with Crippen LogP contribution >= 0.6 is 0 Å². The van der Waals surface area contributed by atoms with Crippen LogP contribution < -0.4 is 10.2 Å². The number of nitrogens with one attached hydrogen (secondary N) is 1. The Morgan fingerprint density at radius 2 is 2.00 bits per heavy atom. The van der Waals surface area contributed by atoms with Gasteiger partial charge in [-0.05, 0) is 31.2 Å². The summed E-state index contributed by atoms with van der Waals surface area (Å²) in [5, 5.41) is 2.80. The summed E-state index contributed by atoms with van der Waals surface area (Å²) in [5.74, 6) is 0.555. The van der Waals surface area contributed by atoms with Crippen LogP contribution in [0.4, 0.5) is 5.69 Å². The van der Waals surface area contributed by atoms with Crippen molar-refractivity contribution in [3.05, 3.63) is 47.7 Å². The molecule has 0 radical (unpaired) electrons. The standard InChI is InChI=1S/C14H17N3O2/c1-10-13(19-9-16-10)8-15-14(18)11-4-6-12(7-5-11)17(2)3/h4-7,9H,8H2,1-3H3,(H,15,18). The second-order valence-corrected chi connectivity index (χ2v) is 4.48. The maximum atomic E-state index is 11.9. The van der Waals surface area contributed by atoms with Gasteiger partial charge in [0.15, 0.2) is 6.39 Å². The molecule has 0 saturated heterocycles. The van der Waals surface area contributed by atoms with E-state index >= 15 is 0 Å². The highest BCUT2D eigenvalue weighted by Gasteiger charge is 2.08. The highest BCUT2D eigenvalue weighted by molar-refractivity contribution is 5.94. The Labute approximate surface area is 112 Å². The largest absolute Gasteiger partial charge is 0.446 e. The van der Waals surface area contributed by atoms with Crippen molar-refractivity contribution in [2.45, 2.75) is 13.5 Å². The predicted molar refractivity (Wildman–Crippen MR) is 73.2 cm³/mol. The quantitative estimate of drug-likeness (QED) is 0.912. The van der Waals surface area contributed by atoms with E-state index in [0.717, 1.165) is 11.4 Å². The minimum atomic E-state index is -0.124. The fourth-order valence-corrected chi connectivity index (χ4v) is 1.67. The number of nitrogens with zero attached hydrogens (tertiary/aromatic N) is 2. The molecule has 1 N–H and O–H groups in total. The van der Waals surface area contributed by atoms with Crippen molar-refractivity contribution in [3.8, 4) is 0 Å². The van der Waals surface area contributed by atoms with Gasteiger partial charge in [0.25, 0.3) is 5.91 Å². The minimum absolute atomic E-state index is 0.124. The van der Waals surface area contributed by atoms with E-state index in [9.17, 15) is 4.79 Å². The lowest BCUT2D eigenvalue weighted by atomic mass is 10.2. The van der Waals surface area contributed by atoms with E-state index in [1.807, 2.05) is 38.1 Å². The molecule has 0 unspecified atom stereocenters. The highest BCUT2D eigenvalue weighted by atomic mass is 16.3. The van der Waals surface area contributed by atoms with Gasteiger partial charge in [0.05, 0.1) is 12.2 Å². The molecule has 0 aliphatic rings. The molecule has 5 heteroatoms. The number of anilines is 1. The summed E-state index contributed by atoms with van der Waals surface area (Å²) < 4.78 is 5.17. The molecule has 0 aliphatic heterocycles. The van der Waals surface area contributed by atoms with Gasteiger partial charge in [-0.3, -0.25) is 4.79 Å². The summed E-state index contributed by atoms with van der Waals surface area (Å²) in [4.78, 5) is 17.9. The van der Waals surface area contributed by atoms with E-state index in [1.54, 1.807) is 12.1 Å². The molecule has 2 rings (SSSR count). The third-order valence-electron chi connectivity index (χ3n) is 2.90. The van der Waals surface area contributed by atoms with E-state index in [1.165, 1.54) is 6.39 Å². The van der Waals surface area contributed by atoms with Gasteiger partial charge in [0, 0.05) is 25.3 Å². The molecular weight excluding hydrogens is 242 g/mol. The van der Waals surface area contributed by atoms with Crippen molar-refractivity contribution in [2.24, 2.45) is 0 Å². The summed E-state index contributed by atoms with van der Waals surface area (Å²) in [7, 11) is 3.92. The van der Waals surface area contributed by atoms with Crippen LogP contribution in [0.5, 0.6) is 0 Å². The Morgan fingerprint density at radius 3 is 2.53 bits per heavy atom. The van der Waals surface area contributed by atoms with Gasteiger partial charge >= 0.3 is 0 Å². The number of aromatic nitrogens is 1. The van der Waals surface area contributed by atoms with Crippen molar-refractivity contribution >= 4 is 11.6 Å². The zero-order valence-electron chi connectivity index (χ0n) is 11.3. The fraction of sp³-hybridized carbons (Fsp3) is 0.286. The van der Waals surface area contributed by atoms with Crippen molar-refractivity contribution in [3.63, 3.8) is 0 Å². The van der Waals surface area contributed by atoms with Crippen molar-refractivity contribution < 1.29 is 9.21 Å². The Hall–Kier alpha value is -2.30. The summed E-state index contributed by atoms with van der Waals surface area (Å²) in [6, 6.07) is 7.43. The SMILES string of the molecule is Cc1ncoc1CNC(=O)c1ccc(N(C)C)cc1. The molecule has 0 atom stereocenters. The monoisotopic (exact) mass is 259 g/mol. The first kappa shape index (κ1) is 13.1. The van der Waals surface area contributed by atoms with E-state index in [4.69, 9.17) is 4.42 Å². The predicted octanol–water partition coefficient (Wildman–Crippen LogP) is 1.98. The molecule has 0 aliphatic carbocycles. The molecule has 1 heterocycles. The number of carbonyl (C=O) groups is 1. The molecule has 1 aromatic carbocycles. The molecule has 0 bridgehead atoms. The third-order valence-corrected chi connectivity index (χ3v) is 2.90. The lowest BCUT2D eigenvalue weighted by molar-refractivity contribution is 0.0948. The summed E-state index contributed by atoms with van der Waals surface area (Å²) in [6.45, 7) is 2.19. The van der Waals surface area contributed by atoms with Gasteiger partial charge < -0.3 is 14.6 Å². The second kappa shape index (κ2) is 5.56. The normalized spacial score (nSPS) is 10.3. The molecule has 1 aromatic heterocycles. The topological polar surface area (TPSA) is 58.4 Å². The van der Waals surface area contributed by atoms with Gasteiger partial charge in [0.1, 0.15) is 5.76 Å². The molecule has 0 saturated carbocycles. The number of amides is 1. The summed E-state index contributed by atoms with van der Waals surface area (Å²) in [6.07, 6.45) is 1.38. The first-order valence-corrected chi connectivity index (χ1v) is 6.02. The van der Waals surface area contributed by atoms with Crippen LogP contribution in [0.25, 0.3) is 0 Å². The Bertz CT molecular complexity index is 558. The van der Waals surface area contributed by atoms with Crippen molar-refractivity contribution in [1.82, 2.24) is 10.3 Å². The van der Waals surface area contributed by atoms with Crippen LogP contribution in [-0.2, 0) is 6.54 Å². The first-order valence-electron chi connectivity index (χ1n) is 6.02. The molecule has 1 amide bonds. The molecule has 5 nitrogen and oxygen atoms in total. The highest BCUT2D eigenvalue weighted by Crippen LogP contribution is 2.12. The lowest BCUT2D eigenvalue weighted by Crippen LogP contribution is -2.23. The zero-order chi connectivity index (χ0) is 13.8. The van der Waals surface area contributed by atoms with E-state index in [2.05, 4.69) is 10.3 Å². The van der Waals surface area contributed by atoms with E-state index in [-0.39, 0.29) is 5.91 Å². The van der Waals surface area contributed by atoms with Crippen LogP contribution in [0.2, 0.25) is 0 Å². The van der Waals surface area contributed by atoms with E-state index in [0.29, 0.717) is 17.9 Å². The number of aryl methyl sites for hydroxylation is 1. The Kier molecular flexibility index (Phi) is 3.85. The van der Waals surface area contributed by atoms with Crippen LogP contribution in [0.3, 0.4) is 0 Å². The number of hydrogen-bond donors (Lipinski definition) is 1. The molecule has 0 spiro atoms. The molecule has 100 valence electrons. The number of benzene rings is 1. The fourth-order valence-electron chi connectivity index (χ4n) is 1.67. The number of oxazole rings is 1. The van der Waals surface area contributed by atoms with Gasteiger partial charge in [-0.25, -0.2) is 4.98 Å². The first-order chi connectivity index (χ1) is 9.08. The summed E-state index contributed by atoms with van der Waals surface area (Å²) >= 11 is 0. The number of rotatable bonds is 4. The number of carbonyl (C=O) groups excluding carboxylic acids is 1. The Morgan fingerprint density at radius 1 is 1.32 bits per heavy atom. The van der Waals surface area contributed by atoms with Crippen molar-refractivity contribution in [1.29, 1.82) is 0 Å². The minimum Gasteiger partial charge on any atom is -0.446 e. The van der Waals surface area contributed by atoms with Crippen LogP contribution in [0, 0.1) is 6.92 Å². The van der Waals surface area contributed by atoms with Gasteiger partial charge in [-0.15, -0.1) is 0 Å². The average molecular weight is 259 g/mol. The molecule has 2 aromatic rings. The maximum absolute atomic E-state index is 11.9. The number of hydrogen-bond acceptors (Lipinski definition) is 4. The molecule has 0 fully saturated rings. The van der Waals surface area contributed by atoms with Gasteiger partial charge in [-0.2, -0.15) is 0 Å². The zero-order valence-corrected chi connectivity index (χ0v) is 11.3. The lowest BCUT2D eigenvalue weighted by Gasteiger charge is -2.12. The summed E-state index contributed by atoms with van der Waals surface area (Å²) in [5.41, 5.74) is 2.48. The Balaban J connectivity index is 1.98. The van der Waals surface area contributed by atoms with Gasteiger partial charge in [-0.1, -0.05) is 0 Å². The second-order valence-electron chi connectivity index (χ2n) is 4.48. The third kappa shape index (κ3) is 3.13. The average Bonchev–Trinajstić information content (AvgIpc) is 2.81.